The summed E-state index contributed by atoms with van der Waals surface area (Å²) < 4.78 is 0. The Kier molecular flexibility index (Phi) is 7.22. The summed E-state index contributed by atoms with van der Waals surface area (Å²) in [5.74, 6) is -3.61. The minimum absolute atomic E-state index is 0.0545. The topological polar surface area (TPSA) is 159 Å². The second-order valence-corrected chi connectivity index (χ2v) is 4.34. The molecule has 0 spiro atoms. The normalized spacial score (nSPS) is 14.8. The number of carboxylic acid groups (broad SMARTS) is 2. The molecule has 0 saturated carbocycles. The van der Waals surface area contributed by atoms with Crippen LogP contribution in [0.15, 0.2) is 0 Å². The van der Waals surface area contributed by atoms with Crippen LogP contribution in [0.3, 0.4) is 0 Å². The van der Waals surface area contributed by atoms with Gasteiger partial charge in [0.15, 0.2) is 0 Å². The predicted molar refractivity (Wildman–Crippen MR) is 67.7 cm³/mol. The van der Waals surface area contributed by atoms with E-state index >= 15 is 0 Å². The first-order valence-electron chi connectivity index (χ1n) is 5.96. The van der Waals surface area contributed by atoms with Crippen LogP contribution in [-0.2, 0) is 19.2 Å². The summed E-state index contributed by atoms with van der Waals surface area (Å²) in [7, 11) is 0. The lowest BCUT2D eigenvalue weighted by atomic mass is 10.1. The maximum atomic E-state index is 11.6. The molecule has 3 atom stereocenters. The van der Waals surface area contributed by atoms with E-state index in [-0.39, 0.29) is 12.8 Å². The number of carbonyl (C=O) groups excluding carboxylic acids is 2. The number of amides is 2. The standard InChI is InChI=1S/C11H19N3O6/c1-5(9(17)14-6(2)11(19)20)13-10(18)7(12)3-4-8(15)16/h5-7H,3-4,12H2,1-2H3,(H,13,18)(H,14,17)(H,15,16)(H,19,20). The lowest BCUT2D eigenvalue weighted by Gasteiger charge is -2.18. The van der Waals surface area contributed by atoms with Crippen LogP contribution in [0.25, 0.3) is 0 Å². The van der Waals surface area contributed by atoms with Gasteiger partial charge in [-0.25, -0.2) is 0 Å². The molecule has 0 aromatic heterocycles. The van der Waals surface area contributed by atoms with Crippen molar-refractivity contribution < 1.29 is 29.4 Å². The molecule has 0 saturated heterocycles. The minimum atomic E-state index is -1.20. The molecule has 0 aliphatic carbocycles. The second-order valence-electron chi connectivity index (χ2n) is 4.34. The minimum Gasteiger partial charge on any atom is -0.481 e. The Morgan fingerprint density at radius 1 is 1.00 bits per heavy atom. The average Bonchev–Trinajstić information content (AvgIpc) is 2.35. The first-order chi connectivity index (χ1) is 9.15. The number of rotatable bonds is 8. The van der Waals surface area contributed by atoms with E-state index in [9.17, 15) is 19.2 Å². The van der Waals surface area contributed by atoms with Gasteiger partial charge in [-0.05, 0) is 20.3 Å². The van der Waals surface area contributed by atoms with E-state index in [1.54, 1.807) is 0 Å². The molecule has 0 aliphatic heterocycles. The number of hydrogen-bond donors (Lipinski definition) is 5. The van der Waals surface area contributed by atoms with Gasteiger partial charge in [0, 0.05) is 6.42 Å². The van der Waals surface area contributed by atoms with Gasteiger partial charge in [-0.1, -0.05) is 0 Å². The van der Waals surface area contributed by atoms with Crippen molar-refractivity contribution in [2.24, 2.45) is 5.73 Å². The van der Waals surface area contributed by atoms with Gasteiger partial charge in [-0.2, -0.15) is 0 Å². The van der Waals surface area contributed by atoms with Crippen molar-refractivity contribution in [2.45, 2.75) is 44.8 Å². The summed E-state index contributed by atoms with van der Waals surface area (Å²) in [6.07, 6.45) is -0.313. The van der Waals surface area contributed by atoms with Gasteiger partial charge in [-0.15, -0.1) is 0 Å². The molecule has 0 bridgehead atoms. The fourth-order valence-corrected chi connectivity index (χ4v) is 1.20. The highest BCUT2D eigenvalue weighted by atomic mass is 16.4. The van der Waals surface area contributed by atoms with Gasteiger partial charge < -0.3 is 26.6 Å². The molecular weight excluding hydrogens is 270 g/mol. The molecule has 0 radical (unpaired) electrons. The molecule has 0 rings (SSSR count). The van der Waals surface area contributed by atoms with Crippen molar-refractivity contribution in [3.8, 4) is 0 Å². The monoisotopic (exact) mass is 289 g/mol. The molecule has 0 aromatic rings. The van der Waals surface area contributed by atoms with Crippen molar-refractivity contribution in [1.82, 2.24) is 10.6 Å². The quantitative estimate of drug-likeness (QED) is 0.355. The molecule has 0 heterocycles. The summed E-state index contributed by atoms with van der Waals surface area (Å²) >= 11 is 0. The molecular formula is C11H19N3O6. The molecule has 3 unspecified atom stereocenters. The van der Waals surface area contributed by atoms with E-state index in [4.69, 9.17) is 15.9 Å². The van der Waals surface area contributed by atoms with E-state index in [0.717, 1.165) is 0 Å². The third-order valence-corrected chi connectivity index (χ3v) is 2.49. The van der Waals surface area contributed by atoms with Gasteiger partial charge in [0.05, 0.1) is 6.04 Å². The average molecular weight is 289 g/mol. The number of nitrogens with two attached hydrogens (primary N) is 1. The van der Waals surface area contributed by atoms with E-state index < -0.39 is 41.9 Å². The third-order valence-electron chi connectivity index (χ3n) is 2.49. The van der Waals surface area contributed by atoms with Crippen molar-refractivity contribution in [3.63, 3.8) is 0 Å². The van der Waals surface area contributed by atoms with Crippen LogP contribution in [0.4, 0.5) is 0 Å². The van der Waals surface area contributed by atoms with Crippen LogP contribution in [0, 0.1) is 0 Å². The number of carboxylic acids is 2. The lowest BCUT2D eigenvalue weighted by molar-refractivity contribution is -0.141. The molecule has 9 heteroatoms. The number of carbonyl (C=O) groups is 4. The number of hydrogen-bond acceptors (Lipinski definition) is 5. The Hall–Kier alpha value is -2.16. The van der Waals surface area contributed by atoms with E-state index in [2.05, 4.69) is 10.6 Å². The first kappa shape index (κ1) is 17.8. The first-order valence-corrected chi connectivity index (χ1v) is 5.96. The highest BCUT2D eigenvalue weighted by Crippen LogP contribution is 1.96. The molecule has 9 nitrogen and oxygen atoms in total. The Bertz CT molecular complexity index is 398. The molecule has 0 aromatic carbocycles. The van der Waals surface area contributed by atoms with Crippen molar-refractivity contribution in [3.05, 3.63) is 0 Å². The summed E-state index contributed by atoms with van der Waals surface area (Å²) in [4.78, 5) is 44.0. The van der Waals surface area contributed by atoms with Crippen LogP contribution < -0.4 is 16.4 Å². The smallest absolute Gasteiger partial charge is 0.325 e. The summed E-state index contributed by atoms with van der Waals surface area (Å²) in [6.45, 7) is 2.65. The second kappa shape index (κ2) is 8.10. The van der Waals surface area contributed by atoms with E-state index in [1.807, 2.05) is 0 Å². The molecule has 114 valence electrons. The molecule has 0 fully saturated rings. The maximum Gasteiger partial charge on any atom is 0.325 e. The van der Waals surface area contributed by atoms with Gasteiger partial charge >= 0.3 is 11.9 Å². The zero-order valence-corrected chi connectivity index (χ0v) is 11.3. The van der Waals surface area contributed by atoms with Crippen molar-refractivity contribution in [2.75, 3.05) is 0 Å². The van der Waals surface area contributed by atoms with Crippen LogP contribution >= 0.6 is 0 Å². The van der Waals surface area contributed by atoms with Gasteiger partial charge in [0.2, 0.25) is 11.8 Å². The fourth-order valence-electron chi connectivity index (χ4n) is 1.20. The molecule has 20 heavy (non-hydrogen) atoms. The number of aliphatic carboxylic acids is 2. The Morgan fingerprint density at radius 2 is 1.50 bits per heavy atom. The van der Waals surface area contributed by atoms with Gasteiger partial charge in [0.25, 0.3) is 0 Å². The largest absolute Gasteiger partial charge is 0.481 e. The van der Waals surface area contributed by atoms with E-state index in [0.29, 0.717) is 0 Å². The van der Waals surface area contributed by atoms with Crippen LogP contribution in [0.2, 0.25) is 0 Å². The summed E-state index contributed by atoms with van der Waals surface area (Å²) in [6, 6.07) is -3.10. The highest BCUT2D eigenvalue weighted by Gasteiger charge is 2.23. The SMILES string of the molecule is CC(NC(=O)C(C)NC(=O)C(N)CCC(=O)O)C(=O)O. The Labute approximate surface area is 115 Å². The predicted octanol–water partition coefficient (Wildman–Crippen LogP) is -1.73. The summed E-state index contributed by atoms with van der Waals surface area (Å²) in [5.41, 5.74) is 5.46. The Balaban J connectivity index is 4.27. The molecule has 0 aliphatic rings. The summed E-state index contributed by atoms with van der Waals surface area (Å²) in [5, 5.41) is 21.6. The highest BCUT2D eigenvalue weighted by molar-refractivity contribution is 5.91. The maximum absolute atomic E-state index is 11.6. The Morgan fingerprint density at radius 3 is 1.95 bits per heavy atom. The van der Waals surface area contributed by atoms with Crippen LogP contribution in [0.5, 0.6) is 0 Å². The third kappa shape index (κ3) is 6.69. The van der Waals surface area contributed by atoms with Gasteiger partial charge in [-0.3, -0.25) is 19.2 Å². The molecule has 6 N–H and O–H groups in total. The zero-order valence-electron chi connectivity index (χ0n) is 11.3. The van der Waals surface area contributed by atoms with Crippen LogP contribution in [0.1, 0.15) is 26.7 Å². The number of nitrogens with one attached hydrogen (secondary N) is 2. The van der Waals surface area contributed by atoms with Crippen molar-refractivity contribution >= 4 is 23.8 Å². The zero-order chi connectivity index (χ0) is 15.9. The van der Waals surface area contributed by atoms with Gasteiger partial charge in [0.1, 0.15) is 12.1 Å². The fraction of sp³-hybridized carbons (Fsp3) is 0.636. The lowest BCUT2D eigenvalue weighted by Crippen LogP contribution is -2.52. The van der Waals surface area contributed by atoms with Crippen molar-refractivity contribution in [1.29, 1.82) is 0 Å². The van der Waals surface area contributed by atoms with E-state index in [1.165, 1.54) is 13.8 Å². The molecule has 2 amide bonds. The van der Waals surface area contributed by atoms with Crippen LogP contribution in [-0.4, -0.2) is 52.1 Å².